The molecule has 43 heteroatoms. The summed E-state index contributed by atoms with van der Waals surface area (Å²) in [5.41, 5.74) is 8.70. The van der Waals surface area contributed by atoms with E-state index >= 15 is 24.0 Å². The maximum absolute atomic E-state index is 16.4. The molecule has 124 heavy (non-hydrogen) atoms. The van der Waals surface area contributed by atoms with Crippen LogP contribution >= 0.6 is 58.2 Å². The van der Waals surface area contributed by atoms with Gasteiger partial charge in [0.25, 0.3) is 0 Å². The molecule has 3 fully saturated rings. The summed E-state index contributed by atoms with van der Waals surface area (Å²) >= 11 is 28.7. The van der Waals surface area contributed by atoms with E-state index < -0.39 is 284 Å². The molecule has 0 aliphatic carbocycles. The van der Waals surface area contributed by atoms with Gasteiger partial charge in [-0.25, -0.2) is 4.79 Å². The number of thioether (sulfide) groups is 1. The van der Waals surface area contributed by atoms with Crippen LogP contribution in [0.1, 0.15) is 111 Å². The lowest BCUT2D eigenvalue weighted by atomic mass is 9.86. The van der Waals surface area contributed by atoms with Gasteiger partial charge in [-0.2, -0.15) is 11.8 Å². The zero-order chi connectivity index (χ0) is 89.9. The number of benzene rings is 6. The molecule has 0 aromatic heterocycles. The number of aliphatic hydroxyl groups excluding tert-OH is 8. The Bertz CT molecular complexity index is 4990. The predicted molar refractivity (Wildman–Crippen MR) is 440 cm³/mol. The molecule has 23 atom stereocenters. The van der Waals surface area contributed by atoms with Crippen LogP contribution < -0.4 is 68.2 Å². The first kappa shape index (κ1) is 93.9. The average molecular weight is 1830 g/mol. The van der Waals surface area contributed by atoms with Crippen LogP contribution in [-0.2, 0) is 67.8 Å². The molecule has 11 bridgehead atoms. The van der Waals surface area contributed by atoms with E-state index in [1.807, 2.05) is 0 Å². The largest absolute Gasteiger partial charge is 0.508 e. The number of hydrogen-bond acceptors (Lipinski definition) is 31. The number of carbonyl (C=O) groups excluding carboxylic acids is 7. The highest BCUT2D eigenvalue weighted by molar-refractivity contribution is 7.98. The molecule has 14 rings (SSSR count). The molecule has 7 amide bonds. The van der Waals surface area contributed by atoms with E-state index in [9.17, 15) is 75.7 Å². The summed E-state index contributed by atoms with van der Waals surface area (Å²) in [7, 11) is 1.46. The van der Waals surface area contributed by atoms with E-state index in [1.54, 1.807) is 32.0 Å². The molecule has 3 saturated heterocycles. The Morgan fingerprint density at radius 2 is 1.28 bits per heavy atom. The number of nitrogens with one attached hydrogen (secondary N) is 8. The van der Waals surface area contributed by atoms with Gasteiger partial charge in [0.05, 0.1) is 41.3 Å². The third-order valence-electron chi connectivity index (χ3n) is 21.8. The van der Waals surface area contributed by atoms with Crippen molar-refractivity contribution in [3.63, 3.8) is 0 Å². The molecule has 8 heterocycles. The molecule has 6 aromatic rings. The predicted octanol–water partition coefficient (Wildman–Crippen LogP) is 1.77. The van der Waals surface area contributed by atoms with Crippen molar-refractivity contribution in [2.24, 2.45) is 17.4 Å². The number of likely N-dealkylation sites (N-methyl/N-ethyl adjacent to an activating group) is 1. The summed E-state index contributed by atoms with van der Waals surface area (Å²) in [5.74, 6) is -15.7. The number of aromatic hydroxyl groups is 3. The topological polar surface area (TPSA) is 601 Å². The minimum atomic E-state index is -2.42. The number of halogens is 4. The van der Waals surface area contributed by atoms with E-state index in [1.165, 1.54) is 44.8 Å². The third kappa shape index (κ3) is 20.9. The zero-order valence-electron chi connectivity index (χ0n) is 66.6. The van der Waals surface area contributed by atoms with Crippen LogP contribution in [0.25, 0.3) is 11.1 Å². The quantitative estimate of drug-likeness (QED) is 0.0431. The highest BCUT2D eigenvalue weighted by Gasteiger charge is 2.53. The SMILES string of the molecule is CN[C@H](CC(C)C)C(=O)NC1C(=O)N[C@@H](CC(N)=O)C(=O)N[C@H]2C(=O)N[C@@H]3C(=O)N[C@H](C(=O)N[C@H](C(=O)O)c4cc(O)cc(O)c4-c4cc3ccc4O)[C@H](O[C@H]3C[C@](C)(N)[C@@H](O)[C@H](C)O3)c3ccc(c(Cl)c3)Oc3cc2cc(c3O[C@@H]2O[C@H](CO)[C@@H](O[C@@H]3O[C@H](CNCCSCc4c(Cl)cccc4Cl)[C@H](O)[C@H](O)[C@H]3O)[C@H](O)[C@H]2O)Oc2ccc(cc2Cl)[C@H]1O. The molecule has 6 aromatic carbocycles. The molecular weight excluding hydrogens is 1730 g/mol. The van der Waals surface area contributed by atoms with Gasteiger partial charge in [-0.1, -0.05) is 84.5 Å². The number of fused-ring (bicyclic) bond motifs is 15. The average Bonchev–Trinajstić information content (AvgIpc) is 0.761. The lowest BCUT2D eigenvalue weighted by Crippen LogP contribution is -2.65. The first-order valence-corrected chi connectivity index (χ1v) is 41.7. The second-order valence-electron chi connectivity index (χ2n) is 31.3. The number of phenols is 3. The first-order valence-electron chi connectivity index (χ1n) is 39.1. The summed E-state index contributed by atoms with van der Waals surface area (Å²) in [6.45, 7) is 5.58. The number of amides is 7. The Labute approximate surface area is 731 Å². The van der Waals surface area contributed by atoms with Crippen LogP contribution in [0.3, 0.4) is 0 Å². The molecule has 8 aliphatic heterocycles. The molecule has 0 radical (unpaired) electrons. The van der Waals surface area contributed by atoms with Crippen molar-refractivity contribution < 1.29 is 138 Å². The van der Waals surface area contributed by atoms with Crippen molar-refractivity contribution in [3.8, 4) is 57.1 Å². The maximum Gasteiger partial charge on any atom is 0.330 e. The third-order valence-corrected chi connectivity index (χ3v) is 24.1. The zero-order valence-corrected chi connectivity index (χ0v) is 70.5. The maximum atomic E-state index is 16.4. The molecule has 0 spiro atoms. The number of ether oxygens (including phenoxy) is 8. The van der Waals surface area contributed by atoms with Gasteiger partial charge in [0.15, 0.2) is 30.1 Å². The van der Waals surface area contributed by atoms with Crippen LogP contribution in [0.15, 0.2) is 97.1 Å². The number of phenolic OH excluding ortho intramolecular Hbond substituents is 3. The van der Waals surface area contributed by atoms with Crippen LogP contribution in [0.4, 0.5) is 0 Å². The molecule has 24 N–H and O–H groups in total. The highest BCUT2D eigenvalue weighted by Crippen LogP contribution is 2.50. The van der Waals surface area contributed by atoms with Gasteiger partial charge in [0, 0.05) is 69.4 Å². The summed E-state index contributed by atoms with van der Waals surface area (Å²) in [6, 6.07) is 4.08. The van der Waals surface area contributed by atoms with Crippen LogP contribution in [0, 0.1) is 5.92 Å². The molecular formula is C81H94Cl4N10O28S. The van der Waals surface area contributed by atoms with Crippen molar-refractivity contribution >= 4 is 105 Å². The van der Waals surface area contributed by atoms with Crippen molar-refractivity contribution in [2.45, 2.75) is 193 Å². The monoisotopic (exact) mass is 1830 g/mol. The lowest BCUT2D eigenvalue weighted by Gasteiger charge is -2.46. The van der Waals surface area contributed by atoms with Gasteiger partial charge in [-0.05, 0) is 128 Å². The number of primary amides is 1. The van der Waals surface area contributed by atoms with Crippen molar-refractivity contribution in [1.82, 2.24) is 42.5 Å². The number of aliphatic carboxylic acids is 1. The van der Waals surface area contributed by atoms with Gasteiger partial charge in [-0.3, -0.25) is 33.6 Å². The fourth-order valence-corrected chi connectivity index (χ4v) is 17.3. The smallest absolute Gasteiger partial charge is 0.330 e. The lowest BCUT2D eigenvalue weighted by molar-refractivity contribution is -0.350. The van der Waals surface area contributed by atoms with Crippen molar-refractivity contribution in [1.29, 1.82) is 0 Å². The van der Waals surface area contributed by atoms with Gasteiger partial charge < -0.3 is 153 Å². The molecule has 0 saturated carbocycles. The molecule has 8 aliphatic rings. The summed E-state index contributed by atoms with van der Waals surface area (Å²) in [6.07, 6.45) is -29.1. The number of carbonyl (C=O) groups is 8. The fraction of sp³-hybridized carbons (Fsp3) is 0.457. The van der Waals surface area contributed by atoms with Crippen LogP contribution in [0.5, 0.6) is 46.0 Å². The van der Waals surface area contributed by atoms with Crippen molar-refractivity contribution in [3.05, 3.63) is 151 Å². The Morgan fingerprint density at radius 1 is 0.661 bits per heavy atom. The number of carboxylic acid groups (broad SMARTS) is 1. The summed E-state index contributed by atoms with van der Waals surface area (Å²) in [4.78, 5) is 120. The number of hydrogen-bond donors (Lipinski definition) is 22. The minimum absolute atomic E-state index is 0.130. The van der Waals surface area contributed by atoms with E-state index in [0.717, 1.165) is 72.3 Å². The second kappa shape index (κ2) is 39.7. The molecule has 670 valence electrons. The number of aliphatic hydroxyl groups is 8. The number of rotatable bonds is 22. The van der Waals surface area contributed by atoms with Crippen LogP contribution in [-0.4, -0.2) is 251 Å². The van der Waals surface area contributed by atoms with Gasteiger partial charge in [-0.15, -0.1) is 0 Å². The van der Waals surface area contributed by atoms with Gasteiger partial charge in [0.1, 0.15) is 120 Å². The molecule has 1 unspecified atom stereocenters. The van der Waals surface area contributed by atoms with Crippen molar-refractivity contribution in [2.75, 3.05) is 32.5 Å². The first-order chi connectivity index (χ1) is 58.7. The fourth-order valence-electron chi connectivity index (χ4n) is 15.2. The highest BCUT2D eigenvalue weighted by atomic mass is 35.5. The molecule has 38 nitrogen and oxygen atoms in total. The minimum Gasteiger partial charge on any atom is -0.508 e. The Kier molecular flexibility index (Phi) is 30.1. The van der Waals surface area contributed by atoms with Gasteiger partial charge >= 0.3 is 5.97 Å². The number of nitrogens with two attached hydrogens (primary N) is 2. The second-order valence-corrected chi connectivity index (χ2v) is 34.0. The normalized spacial score (nSPS) is 29.9. The van der Waals surface area contributed by atoms with E-state index in [2.05, 4.69) is 42.5 Å². The Hall–Kier alpha value is -9.25. The van der Waals surface area contributed by atoms with E-state index in [-0.39, 0.29) is 36.4 Å². The van der Waals surface area contributed by atoms with E-state index in [0.29, 0.717) is 28.1 Å². The summed E-state index contributed by atoms with van der Waals surface area (Å²) < 4.78 is 51.1. The van der Waals surface area contributed by atoms with Crippen LogP contribution in [0.2, 0.25) is 20.1 Å². The van der Waals surface area contributed by atoms with Gasteiger partial charge in [0.2, 0.25) is 53.4 Å². The Morgan fingerprint density at radius 3 is 1.91 bits per heavy atom. The standard InChI is InChI=1S/C81H94Cl4N10O28S/c1-30(2)17-44(88-5)72(108)94-60-62(101)33-10-13-48(42(84)19-33)117-50-21-35-22-51(69(50)122-80-67(106)65(104)70(53(28-96)120-80)123-79-66(105)64(103)63(102)52(119-79)27-89-15-16-124-29-39-40(82)7-6-8-41(39)83)118-49-14-11-34(20-43(49)85)68(121-55-26-81(4,87)71(107)31(3)116-55)61-77(113)93-59(78(114)115)38-23-36(97)24-47(99)56(38)37-18-32(9-12-46(37)98)57(74(110)95-61)92-75(111)58(35)91-73(109)45(25-54(86)100)90-76(60)112/h6-14,18-24,30-31,44-45,52-53,55,57-68,70-71,79-80,88-89,96-99,101-107H,15-17,25-29,87H2,1-5H3,(H2,86,100)(H,90,112)(H,91,109)(H,92,111)(H,93,113)(H,94,108)(H,95,110)(H,114,115)/t31-,44+,45-,52+,53+,55-,57-,58+,59-,60?,61-,62+,63-,64-,65+,66+,67+,68+,70+,71-,79-,80-,81-/m0/s1. The Balaban J connectivity index is 1.02. The summed E-state index contributed by atoms with van der Waals surface area (Å²) in [5, 5.41) is 160. The van der Waals surface area contributed by atoms with E-state index in [4.69, 9.17) is 95.8 Å². The number of carboxylic acids is 1.